The summed E-state index contributed by atoms with van der Waals surface area (Å²) in [6.45, 7) is 4.52. The van der Waals surface area contributed by atoms with Crippen molar-refractivity contribution in [3.8, 4) is 0 Å². The number of aliphatic hydroxyl groups excluding tert-OH is 1. The Morgan fingerprint density at radius 3 is 2.64 bits per heavy atom. The van der Waals surface area contributed by atoms with Crippen LogP contribution >= 0.6 is 0 Å². The molecule has 0 aliphatic heterocycles. The molecular weight excluding hydrogens is 180 g/mol. The maximum atomic E-state index is 11.4. The second kappa shape index (κ2) is 4.75. The van der Waals surface area contributed by atoms with E-state index < -0.39 is 0 Å². The smallest absolute Gasteiger partial charge is 0.234 e. The molecule has 0 spiro atoms. The average Bonchev–Trinajstić information content (AvgIpc) is 2.95. The number of aliphatic hydroxyl groups is 1. The molecule has 3 N–H and O–H groups in total. The molecule has 82 valence electrons. The molecule has 0 bridgehead atoms. The third kappa shape index (κ3) is 3.27. The minimum absolute atomic E-state index is 0.0168. The van der Waals surface area contributed by atoms with E-state index in [0.29, 0.717) is 12.6 Å². The lowest BCUT2D eigenvalue weighted by Gasteiger charge is -2.16. The van der Waals surface area contributed by atoms with Gasteiger partial charge >= 0.3 is 0 Å². The van der Waals surface area contributed by atoms with E-state index in [4.69, 9.17) is 5.11 Å². The van der Waals surface area contributed by atoms with Crippen LogP contribution < -0.4 is 10.6 Å². The van der Waals surface area contributed by atoms with Crippen molar-refractivity contribution >= 4 is 5.91 Å². The quantitative estimate of drug-likeness (QED) is 0.566. The van der Waals surface area contributed by atoms with E-state index in [1.807, 2.05) is 6.92 Å². The molecule has 1 amide bonds. The van der Waals surface area contributed by atoms with E-state index in [2.05, 4.69) is 17.6 Å². The molecule has 0 aromatic rings. The third-order valence-corrected chi connectivity index (χ3v) is 2.78. The summed E-state index contributed by atoms with van der Waals surface area (Å²) in [5.74, 6) is -0.0168. The molecule has 1 aliphatic carbocycles. The zero-order valence-electron chi connectivity index (χ0n) is 8.97. The maximum absolute atomic E-state index is 11.4. The molecule has 1 saturated carbocycles. The van der Waals surface area contributed by atoms with Gasteiger partial charge in [-0.15, -0.1) is 0 Å². The fourth-order valence-corrected chi connectivity index (χ4v) is 1.22. The molecule has 1 fully saturated rings. The van der Waals surface area contributed by atoms with Crippen molar-refractivity contribution in [3.05, 3.63) is 0 Å². The molecule has 4 nitrogen and oxygen atoms in total. The Morgan fingerprint density at radius 1 is 1.57 bits per heavy atom. The molecule has 0 saturated heterocycles. The van der Waals surface area contributed by atoms with Gasteiger partial charge in [0, 0.05) is 6.04 Å². The normalized spacial score (nSPS) is 20.2. The predicted molar refractivity (Wildman–Crippen MR) is 54.9 cm³/mol. The van der Waals surface area contributed by atoms with Crippen LogP contribution in [-0.2, 0) is 4.79 Å². The van der Waals surface area contributed by atoms with Crippen molar-refractivity contribution < 1.29 is 9.90 Å². The van der Waals surface area contributed by atoms with E-state index in [1.165, 1.54) is 0 Å². The summed E-state index contributed by atoms with van der Waals surface area (Å²) in [6, 6.07) is 0.366. The Morgan fingerprint density at radius 2 is 2.21 bits per heavy atom. The lowest BCUT2D eigenvalue weighted by Crippen LogP contribution is -2.45. The predicted octanol–water partition coefficient (Wildman–Crippen LogP) is 0.0156. The number of carbonyl (C=O) groups excluding carboxylic acids is 1. The van der Waals surface area contributed by atoms with Gasteiger partial charge in [-0.25, -0.2) is 0 Å². The summed E-state index contributed by atoms with van der Waals surface area (Å²) < 4.78 is 0. The van der Waals surface area contributed by atoms with Crippen LogP contribution in [0.5, 0.6) is 0 Å². The average molecular weight is 200 g/mol. The topological polar surface area (TPSA) is 61.4 Å². The van der Waals surface area contributed by atoms with Gasteiger partial charge in [-0.3, -0.25) is 4.79 Å². The van der Waals surface area contributed by atoms with Crippen molar-refractivity contribution in [1.29, 1.82) is 0 Å². The van der Waals surface area contributed by atoms with Crippen LogP contribution in [0.3, 0.4) is 0 Å². The van der Waals surface area contributed by atoms with Crippen LogP contribution in [0, 0.1) is 0 Å². The molecule has 4 heteroatoms. The first-order valence-electron chi connectivity index (χ1n) is 5.27. The van der Waals surface area contributed by atoms with Crippen molar-refractivity contribution in [3.63, 3.8) is 0 Å². The highest BCUT2D eigenvalue weighted by atomic mass is 16.3. The molecule has 1 aliphatic rings. The minimum atomic E-state index is -0.284. The van der Waals surface area contributed by atoms with Gasteiger partial charge in [0.1, 0.15) is 0 Å². The Balaban J connectivity index is 2.16. The number of hydrogen-bond donors (Lipinski definition) is 3. The van der Waals surface area contributed by atoms with E-state index in [0.717, 1.165) is 19.3 Å². The van der Waals surface area contributed by atoms with Crippen LogP contribution in [0.1, 0.15) is 33.1 Å². The summed E-state index contributed by atoms with van der Waals surface area (Å²) in [5, 5.41) is 15.0. The molecule has 1 atom stereocenters. The van der Waals surface area contributed by atoms with Gasteiger partial charge in [0.05, 0.1) is 18.7 Å². The number of carbonyl (C=O) groups is 1. The highest BCUT2D eigenvalue weighted by molar-refractivity contribution is 5.79. The van der Waals surface area contributed by atoms with Gasteiger partial charge in [0.15, 0.2) is 0 Å². The minimum Gasteiger partial charge on any atom is -0.394 e. The Bertz CT molecular complexity index is 202. The Hall–Kier alpha value is -0.610. The van der Waals surface area contributed by atoms with Crippen LogP contribution in [-0.4, -0.2) is 35.7 Å². The molecule has 1 unspecified atom stereocenters. The van der Waals surface area contributed by atoms with E-state index in [1.54, 1.807) is 0 Å². The van der Waals surface area contributed by atoms with Crippen molar-refractivity contribution in [2.45, 2.75) is 44.7 Å². The van der Waals surface area contributed by atoms with Gasteiger partial charge < -0.3 is 15.7 Å². The van der Waals surface area contributed by atoms with Crippen LogP contribution in [0.15, 0.2) is 0 Å². The molecule has 0 aromatic carbocycles. The van der Waals surface area contributed by atoms with Crippen molar-refractivity contribution in [1.82, 2.24) is 10.6 Å². The summed E-state index contributed by atoms with van der Waals surface area (Å²) in [4.78, 5) is 11.4. The second-order valence-corrected chi connectivity index (χ2v) is 4.18. The number of nitrogens with one attached hydrogen (secondary N) is 2. The van der Waals surface area contributed by atoms with Crippen LogP contribution in [0.4, 0.5) is 0 Å². The lowest BCUT2D eigenvalue weighted by atomic mass is 10.2. The van der Waals surface area contributed by atoms with Gasteiger partial charge in [-0.05, 0) is 26.2 Å². The first-order valence-corrected chi connectivity index (χ1v) is 5.27. The first kappa shape index (κ1) is 11.5. The largest absolute Gasteiger partial charge is 0.394 e. The van der Waals surface area contributed by atoms with Gasteiger partial charge in [-0.2, -0.15) is 0 Å². The second-order valence-electron chi connectivity index (χ2n) is 4.18. The molecule has 14 heavy (non-hydrogen) atoms. The zero-order valence-corrected chi connectivity index (χ0v) is 8.97. The highest BCUT2D eigenvalue weighted by Crippen LogP contribution is 2.34. The Labute approximate surface area is 85.1 Å². The van der Waals surface area contributed by atoms with Gasteiger partial charge in [-0.1, -0.05) is 6.92 Å². The van der Waals surface area contributed by atoms with Crippen molar-refractivity contribution in [2.24, 2.45) is 0 Å². The maximum Gasteiger partial charge on any atom is 0.234 e. The third-order valence-electron chi connectivity index (χ3n) is 2.78. The molecular formula is C10H20N2O2. The zero-order chi connectivity index (χ0) is 10.6. The fraction of sp³-hybridized carbons (Fsp3) is 0.900. The Kier molecular flexibility index (Phi) is 3.89. The van der Waals surface area contributed by atoms with E-state index in [-0.39, 0.29) is 18.1 Å². The fourth-order valence-electron chi connectivity index (χ4n) is 1.22. The van der Waals surface area contributed by atoms with E-state index in [9.17, 15) is 4.79 Å². The highest BCUT2D eigenvalue weighted by Gasteiger charge is 2.43. The molecule has 0 aromatic heterocycles. The van der Waals surface area contributed by atoms with Gasteiger partial charge in [0.25, 0.3) is 0 Å². The number of hydrogen-bond acceptors (Lipinski definition) is 3. The molecule has 0 radical (unpaired) electrons. The SMILES string of the molecule is CCC(C)NCC(=O)NC1(CO)CC1. The summed E-state index contributed by atoms with van der Waals surface area (Å²) in [7, 11) is 0. The number of amides is 1. The van der Waals surface area contributed by atoms with E-state index >= 15 is 0 Å². The lowest BCUT2D eigenvalue weighted by molar-refractivity contribution is -0.121. The standard InChI is InChI=1S/C10H20N2O2/c1-3-8(2)11-6-9(14)12-10(7-13)4-5-10/h8,11,13H,3-7H2,1-2H3,(H,12,14). The van der Waals surface area contributed by atoms with Crippen molar-refractivity contribution in [2.75, 3.05) is 13.2 Å². The molecule has 1 rings (SSSR count). The summed E-state index contributed by atoms with van der Waals surface area (Å²) in [6.07, 6.45) is 2.82. The monoisotopic (exact) mass is 200 g/mol. The molecule has 0 heterocycles. The first-order chi connectivity index (χ1) is 6.62. The van der Waals surface area contributed by atoms with Crippen LogP contribution in [0.25, 0.3) is 0 Å². The summed E-state index contributed by atoms with van der Waals surface area (Å²) >= 11 is 0. The van der Waals surface area contributed by atoms with Gasteiger partial charge in [0.2, 0.25) is 5.91 Å². The number of rotatable bonds is 6. The van der Waals surface area contributed by atoms with Crippen LogP contribution in [0.2, 0.25) is 0 Å². The summed E-state index contributed by atoms with van der Waals surface area (Å²) in [5.41, 5.74) is -0.284.